The molecule has 11 heteroatoms. The van der Waals surface area contributed by atoms with Crippen LogP contribution in [0.4, 0.5) is 14.4 Å². The standard InChI is InChI=1S/C28H33N3O8/c1-19(39-28(35)37-18-22-11-7-4-8-12-22)23-24(29-25(23)32)20(2)38-27(34)31-15-13-30(14-16-31)26(33)36-17-21-9-5-3-6-10-21/h3-12,19-20,23-24H,13-18H2,1-2H3,(H,29,32)/t19-,20+,23-,24-/m1/s1. The largest absolute Gasteiger partial charge is 0.508 e. The molecule has 0 aromatic heterocycles. The van der Waals surface area contributed by atoms with E-state index in [0.717, 1.165) is 11.1 Å². The van der Waals surface area contributed by atoms with Crippen LogP contribution >= 0.6 is 0 Å². The molecule has 0 saturated carbocycles. The topological polar surface area (TPSA) is 124 Å². The highest BCUT2D eigenvalue weighted by atomic mass is 16.7. The molecule has 1 N–H and O–H groups in total. The summed E-state index contributed by atoms with van der Waals surface area (Å²) in [6.45, 7) is 4.72. The Balaban J connectivity index is 1.18. The maximum Gasteiger partial charge on any atom is 0.508 e. The quantitative estimate of drug-likeness (QED) is 0.308. The molecule has 0 radical (unpaired) electrons. The van der Waals surface area contributed by atoms with E-state index in [9.17, 15) is 19.2 Å². The highest BCUT2D eigenvalue weighted by Crippen LogP contribution is 2.26. The van der Waals surface area contributed by atoms with E-state index in [1.807, 2.05) is 60.7 Å². The van der Waals surface area contributed by atoms with Crippen LogP contribution in [-0.4, -0.2) is 78.5 Å². The lowest BCUT2D eigenvalue weighted by Gasteiger charge is -2.42. The molecule has 0 bridgehead atoms. The average molecular weight is 540 g/mol. The number of amides is 3. The second-order valence-electron chi connectivity index (χ2n) is 9.51. The van der Waals surface area contributed by atoms with Gasteiger partial charge in [-0.05, 0) is 25.0 Å². The van der Waals surface area contributed by atoms with Gasteiger partial charge in [0.1, 0.15) is 25.4 Å². The summed E-state index contributed by atoms with van der Waals surface area (Å²) in [5, 5.41) is 2.73. The normalized spacial score (nSPS) is 20.1. The van der Waals surface area contributed by atoms with Crippen molar-refractivity contribution in [3.8, 4) is 0 Å². The van der Waals surface area contributed by atoms with E-state index in [0.29, 0.717) is 26.2 Å². The van der Waals surface area contributed by atoms with Gasteiger partial charge in [0.2, 0.25) is 5.91 Å². The fourth-order valence-electron chi connectivity index (χ4n) is 4.50. The van der Waals surface area contributed by atoms with Crippen molar-refractivity contribution in [2.24, 2.45) is 5.92 Å². The van der Waals surface area contributed by atoms with E-state index >= 15 is 0 Å². The first-order valence-corrected chi connectivity index (χ1v) is 12.9. The first-order valence-electron chi connectivity index (χ1n) is 12.9. The van der Waals surface area contributed by atoms with Crippen LogP contribution in [0, 0.1) is 5.92 Å². The molecule has 4 rings (SSSR count). The number of benzene rings is 2. The zero-order valence-electron chi connectivity index (χ0n) is 22.0. The number of nitrogens with one attached hydrogen (secondary N) is 1. The van der Waals surface area contributed by atoms with Gasteiger partial charge in [-0.3, -0.25) is 4.79 Å². The molecule has 0 spiro atoms. The Hall–Kier alpha value is -4.28. The highest BCUT2D eigenvalue weighted by molar-refractivity contribution is 5.87. The van der Waals surface area contributed by atoms with Crippen molar-refractivity contribution in [3.05, 3.63) is 71.8 Å². The van der Waals surface area contributed by atoms with E-state index < -0.39 is 42.5 Å². The summed E-state index contributed by atoms with van der Waals surface area (Å²) in [5.74, 6) is -0.984. The minimum atomic E-state index is -0.880. The molecule has 11 nitrogen and oxygen atoms in total. The lowest BCUT2D eigenvalue weighted by Crippen LogP contribution is -2.67. The van der Waals surface area contributed by atoms with Crippen molar-refractivity contribution >= 4 is 24.2 Å². The molecule has 208 valence electrons. The molecule has 2 aromatic carbocycles. The Bertz CT molecular complexity index is 1140. The summed E-state index contributed by atoms with van der Waals surface area (Å²) in [6, 6.07) is 18.0. The highest BCUT2D eigenvalue weighted by Gasteiger charge is 2.49. The van der Waals surface area contributed by atoms with Gasteiger partial charge in [0.15, 0.2) is 0 Å². The first kappa shape index (κ1) is 27.7. The van der Waals surface area contributed by atoms with Crippen LogP contribution in [0.2, 0.25) is 0 Å². The summed E-state index contributed by atoms with van der Waals surface area (Å²) >= 11 is 0. The molecule has 39 heavy (non-hydrogen) atoms. The summed E-state index contributed by atoms with van der Waals surface area (Å²) in [7, 11) is 0. The molecule has 0 aliphatic carbocycles. The molecule has 2 saturated heterocycles. The second-order valence-corrected chi connectivity index (χ2v) is 9.51. The summed E-state index contributed by atoms with van der Waals surface area (Å²) in [4.78, 5) is 52.5. The predicted molar refractivity (Wildman–Crippen MR) is 138 cm³/mol. The second kappa shape index (κ2) is 13.0. The van der Waals surface area contributed by atoms with Gasteiger partial charge in [0.25, 0.3) is 0 Å². The van der Waals surface area contributed by atoms with E-state index in [2.05, 4.69) is 5.32 Å². The molecular weight excluding hydrogens is 506 g/mol. The Kier molecular flexibility index (Phi) is 9.24. The summed E-state index contributed by atoms with van der Waals surface area (Å²) < 4.78 is 21.4. The van der Waals surface area contributed by atoms with Crippen LogP contribution in [0.15, 0.2) is 60.7 Å². The van der Waals surface area contributed by atoms with Crippen LogP contribution < -0.4 is 5.32 Å². The van der Waals surface area contributed by atoms with Crippen LogP contribution in [0.5, 0.6) is 0 Å². The molecular formula is C28H33N3O8. The van der Waals surface area contributed by atoms with Crippen LogP contribution in [0.1, 0.15) is 25.0 Å². The molecule has 0 unspecified atom stereocenters. The van der Waals surface area contributed by atoms with E-state index in [4.69, 9.17) is 18.9 Å². The molecule has 3 amide bonds. The van der Waals surface area contributed by atoms with Gasteiger partial charge >= 0.3 is 18.3 Å². The van der Waals surface area contributed by atoms with Gasteiger partial charge in [0, 0.05) is 26.2 Å². The number of rotatable bonds is 8. The third-order valence-electron chi connectivity index (χ3n) is 6.78. The summed E-state index contributed by atoms with van der Waals surface area (Å²) in [6.07, 6.45) is -3.30. The van der Waals surface area contributed by atoms with Gasteiger partial charge < -0.3 is 34.1 Å². The van der Waals surface area contributed by atoms with Crippen molar-refractivity contribution in [3.63, 3.8) is 0 Å². The van der Waals surface area contributed by atoms with Gasteiger partial charge in [-0.1, -0.05) is 60.7 Å². The Labute approximate surface area is 226 Å². The zero-order valence-corrected chi connectivity index (χ0v) is 22.0. The third-order valence-corrected chi connectivity index (χ3v) is 6.78. The fourth-order valence-corrected chi connectivity index (χ4v) is 4.50. The van der Waals surface area contributed by atoms with Crippen molar-refractivity contribution in [2.75, 3.05) is 26.2 Å². The van der Waals surface area contributed by atoms with Gasteiger partial charge in [0.05, 0.1) is 12.0 Å². The van der Waals surface area contributed by atoms with E-state index in [1.54, 1.807) is 18.7 Å². The number of ether oxygens (including phenoxy) is 4. The minimum absolute atomic E-state index is 0.0543. The third kappa shape index (κ3) is 7.40. The van der Waals surface area contributed by atoms with Crippen molar-refractivity contribution < 1.29 is 38.1 Å². The SMILES string of the molecule is C[C@H](OC(=O)N1CCN(C(=O)OCc2ccccc2)CC1)[C@H]1NC(=O)[C@@H]1[C@@H](C)OC(=O)OCc1ccccc1. The molecule has 2 aliphatic rings. The predicted octanol–water partition coefficient (Wildman–Crippen LogP) is 3.32. The lowest BCUT2D eigenvalue weighted by molar-refractivity contribution is -0.146. The van der Waals surface area contributed by atoms with E-state index in [-0.39, 0.29) is 19.1 Å². The zero-order chi connectivity index (χ0) is 27.8. The number of hydrogen-bond acceptors (Lipinski definition) is 8. The maximum absolute atomic E-state index is 12.7. The average Bonchev–Trinajstić information content (AvgIpc) is 2.94. The molecule has 2 fully saturated rings. The summed E-state index contributed by atoms with van der Waals surface area (Å²) in [5.41, 5.74) is 1.71. The van der Waals surface area contributed by atoms with Crippen molar-refractivity contribution in [1.82, 2.24) is 15.1 Å². The number of β-lactam (4-membered cyclic amide) rings is 1. The Morgan fingerprint density at radius 1 is 0.769 bits per heavy atom. The fraction of sp³-hybridized carbons (Fsp3) is 0.429. The Morgan fingerprint density at radius 3 is 1.82 bits per heavy atom. The number of carbonyl (C=O) groups is 4. The maximum atomic E-state index is 12.7. The monoisotopic (exact) mass is 539 g/mol. The molecule has 2 aliphatic heterocycles. The van der Waals surface area contributed by atoms with Crippen LogP contribution in [0.25, 0.3) is 0 Å². The number of nitrogens with zero attached hydrogens (tertiary/aromatic N) is 2. The number of piperazine rings is 1. The number of carbonyl (C=O) groups excluding carboxylic acids is 4. The minimum Gasteiger partial charge on any atom is -0.445 e. The smallest absolute Gasteiger partial charge is 0.445 e. The van der Waals surface area contributed by atoms with Crippen LogP contribution in [0.3, 0.4) is 0 Å². The number of hydrogen-bond donors (Lipinski definition) is 1. The molecule has 2 aromatic rings. The van der Waals surface area contributed by atoms with Gasteiger partial charge in [-0.2, -0.15) is 0 Å². The lowest BCUT2D eigenvalue weighted by atomic mass is 9.83. The van der Waals surface area contributed by atoms with Gasteiger partial charge in [-0.25, -0.2) is 14.4 Å². The van der Waals surface area contributed by atoms with Gasteiger partial charge in [-0.15, -0.1) is 0 Å². The molecule has 2 heterocycles. The van der Waals surface area contributed by atoms with Crippen molar-refractivity contribution in [2.45, 2.75) is 45.3 Å². The first-order chi connectivity index (χ1) is 18.8. The van der Waals surface area contributed by atoms with Crippen LogP contribution in [-0.2, 0) is 37.0 Å². The van der Waals surface area contributed by atoms with E-state index in [1.165, 1.54) is 4.90 Å². The Morgan fingerprint density at radius 2 is 1.28 bits per heavy atom. The molecule has 4 atom stereocenters. The van der Waals surface area contributed by atoms with Crippen molar-refractivity contribution in [1.29, 1.82) is 0 Å².